The Morgan fingerprint density at radius 3 is 2.47 bits per heavy atom. The number of Topliss-reactive ketones (excluding diaryl/α,β-unsaturated/α-hetero) is 1. The smallest absolute Gasteiger partial charge is 0.212 e. The number of para-hydroxylation sites is 2. The van der Waals surface area contributed by atoms with Crippen LogP contribution in [0.2, 0.25) is 0 Å². The number of hydrogen-bond acceptors (Lipinski definition) is 3. The van der Waals surface area contributed by atoms with Crippen LogP contribution in [0.3, 0.4) is 0 Å². The van der Waals surface area contributed by atoms with Crippen LogP contribution >= 0.6 is 0 Å². The minimum absolute atomic E-state index is 0.176. The molecule has 0 amide bonds. The fourth-order valence-electron chi connectivity index (χ4n) is 4.93. The van der Waals surface area contributed by atoms with Crippen molar-refractivity contribution in [3.8, 4) is 0 Å². The molecule has 1 aliphatic carbocycles. The van der Waals surface area contributed by atoms with E-state index < -0.39 is 0 Å². The van der Waals surface area contributed by atoms with Gasteiger partial charge in [0.25, 0.3) is 0 Å². The lowest BCUT2D eigenvalue weighted by atomic mass is 9.86. The topological polar surface area (TPSA) is 47.2 Å². The van der Waals surface area contributed by atoms with Crippen molar-refractivity contribution in [1.29, 1.82) is 0 Å². The van der Waals surface area contributed by atoms with Gasteiger partial charge >= 0.3 is 0 Å². The molecule has 0 saturated heterocycles. The van der Waals surface area contributed by atoms with Gasteiger partial charge in [-0.3, -0.25) is 4.79 Å². The van der Waals surface area contributed by atoms with Gasteiger partial charge < -0.3 is 10.0 Å². The molecule has 0 N–H and O–H groups in total. The van der Waals surface area contributed by atoms with E-state index in [1.807, 2.05) is 36.4 Å². The van der Waals surface area contributed by atoms with Crippen molar-refractivity contribution >= 4 is 34.5 Å². The van der Waals surface area contributed by atoms with Gasteiger partial charge in [-0.05, 0) is 42.3 Å². The Balaban J connectivity index is 1.51. The molecule has 0 atom stereocenters. The molecule has 3 aromatic rings. The number of benzene rings is 2. The van der Waals surface area contributed by atoms with Gasteiger partial charge in [0, 0.05) is 59.1 Å². The normalized spacial score (nSPS) is 17.3. The number of allylic oxidation sites excluding steroid dienone is 4. The van der Waals surface area contributed by atoms with Crippen molar-refractivity contribution in [2.24, 2.45) is 0 Å². The fraction of sp³-hybridized carbons (Fsp3) is 0.250. The van der Waals surface area contributed by atoms with Crippen LogP contribution in [0.5, 0.6) is 0 Å². The molecule has 1 aromatic heterocycles. The van der Waals surface area contributed by atoms with Gasteiger partial charge in [0.2, 0.25) is 11.2 Å². The maximum absolute atomic E-state index is 13.2. The summed E-state index contributed by atoms with van der Waals surface area (Å²) in [6, 6.07) is 20.5. The molecule has 0 bridgehead atoms. The molecule has 1 aliphatic heterocycles. The summed E-state index contributed by atoms with van der Waals surface area (Å²) >= 11 is 0. The second-order valence-electron chi connectivity index (χ2n) is 9.42. The molecule has 4 heteroatoms. The molecule has 0 unspecified atom stereocenters. The van der Waals surface area contributed by atoms with E-state index in [1.165, 1.54) is 0 Å². The molecule has 2 aliphatic rings. The second-order valence-corrected chi connectivity index (χ2v) is 9.42. The number of aromatic nitrogens is 1. The van der Waals surface area contributed by atoms with Gasteiger partial charge in [-0.25, -0.2) is 0 Å². The average Bonchev–Trinajstić information content (AvgIpc) is 2.92. The van der Waals surface area contributed by atoms with Crippen LogP contribution in [0, 0.1) is 0 Å². The summed E-state index contributed by atoms with van der Waals surface area (Å²) in [5, 5.41) is 14.3. The van der Waals surface area contributed by atoms with Crippen LogP contribution in [0.1, 0.15) is 50.8 Å². The van der Waals surface area contributed by atoms with Crippen LogP contribution in [0.15, 0.2) is 95.4 Å². The highest BCUT2D eigenvalue weighted by Gasteiger charge is 2.29. The summed E-state index contributed by atoms with van der Waals surface area (Å²) in [4.78, 5) is 15.4. The number of anilines is 1. The Hall–Kier alpha value is -3.92. The number of carbonyl (C=O) groups excluding carboxylic acids is 1. The van der Waals surface area contributed by atoms with Gasteiger partial charge in [0.15, 0.2) is 5.78 Å². The van der Waals surface area contributed by atoms with Gasteiger partial charge in [-0.2, -0.15) is 4.57 Å². The molecule has 0 spiro atoms. The number of nitrogens with zero attached hydrogens (tertiary/aromatic N) is 2. The standard InChI is InChI=1S/C32H32N2O2/c1-3-5-19-33-25(17-15-23-11-7-9-13-29(23)33)21-27-31(35)28(32(27)36)22-26-18-16-24-12-8-10-14-30(24)34(26)20-6-4-2/h7-18,21-22H,3-6,19-20H2,1-2H3. The lowest BCUT2D eigenvalue weighted by Gasteiger charge is -2.33. The Kier molecular flexibility index (Phi) is 6.86. The third-order valence-corrected chi connectivity index (χ3v) is 6.98. The molecule has 0 fully saturated rings. The number of pyridine rings is 1. The number of hydrogen-bond donors (Lipinski definition) is 0. The van der Waals surface area contributed by atoms with Crippen LogP contribution < -0.4 is 14.6 Å². The number of aryl methyl sites for hydroxylation is 1. The van der Waals surface area contributed by atoms with Crippen molar-refractivity contribution in [2.45, 2.75) is 46.1 Å². The SMILES string of the molecule is CCCCN1/C(=C/C2=C([O-])C(=C\c3ccc4ccccc4[n+]3CCCC)/C2=O)C=Cc2ccccc21. The summed E-state index contributed by atoms with van der Waals surface area (Å²) in [6.45, 7) is 6.02. The number of carbonyl (C=O) groups is 1. The molecule has 36 heavy (non-hydrogen) atoms. The number of fused-ring (bicyclic) bond motifs is 2. The summed E-state index contributed by atoms with van der Waals surface area (Å²) in [5.74, 6) is -0.351. The molecule has 182 valence electrons. The van der Waals surface area contributed by atoms with Gasteiger partial charge in [-0.1, -0.05) is 68.9 Å². The van der Waals surface area contributed by atoms with E-state index in [0.717, 1.165) is 72.3 Å². The predicted octanol–water partition coefficient (Wildman–Crippen LogP) is 5.73. The lowest BCUT2D eigenvalue weighted by Crippen LogP contribution is -2.39. The van der Waals surface area contributed by atoms with Crippen molar-refractivity contribution in [3.63, 3.8) is 0 Å². The van der Waals surface area contributed by atoms with Gasteiger partial charge in [-0.15, -0.1) is 0 Å². The first kappa shape index (κ1) is 23.8. The molecular formula is C32H32N2O2. The fourth-order valence-corrected chi connectivity index (χ4v) is 4.93. The molecule has 5 rings (SSSR count). The maximum atomic E-state index is 13.2. The van der Waals surface area contributed by atoms with Crippen molar-refractivity contribution < 1.29 is 14.5 Å². The first-order valence-electron chi connectivity index (χ1n) is 13.0. The lowest BCUT2D eigenvalue weighted by molar-refractivity contribution is -0.673. The first-order valence-corrected chi connectivity index (χ1v) is 13.0. The van der Waals surface area contributed by atoms with E-state index in [1.54, 1.807) is 12.2 Å². The Morgan fingerprint density at radius 2 is 1.67 bits per heavy atom. The zero-order valence-corrected chi connectivity index (χ0v) is 21.0. The van der Waals surface area contributed by atoms with E-state index in [4.69, 9.17) is 0 Å². The first-order chi connectivity index (χ1) is 17.6. The average molecular weight is 477 g/mol. The highest BCUT2D eigenvalue weighted by molar-refractivity contribution is 6.23. The van der Waals surface area contributed by atoms with Crippen LogP contribution in [0.4, 0.5) is 5.69 Å². The largest absolute Gasteiger partial charge is 0.871 e. The molecule has 2 aromatic carbocycles. The summed E-state index contributed by atoms with van der Waals surface area (Å²) in [7, 11) is 0. The Bertz CT molecular complexity index is 1440. The third-order valence-electron chi connectivity index (χ3n) is 6.98. The van der Waals surface area contributed by atoms with Crippen molar-refractivity contribution in [1.82, 2.24) is 0 Å². The molecule has 2 heterocycles. The highest BCUT2D eigenvalue weighted by atomic mass is 16.3. The maximum Gasteiger partial charge on any atom is 0.212 e. The predicted molar refractivity (Wildman–Crippen MR) is 145 cm³/mol. The second kappa shape index (κ2) is 10.4. The number of ketones is 1. The van der Waals surface area contributed by atoms with E-state index in [9.17, 15) is 9.90 Å². The summed E-state index contributed by atoms with van der Waals surface area (Å²) < 4.78 is 2.22. The van der Waals surface area contributed by atoms with Gasteiger partial charge in [0.05, 0.1) is 0 Å². The van der Waals surface area contributed by atoms with E-state index >= 15 is 0 Å². The minimum Gasteiger partial charge on any atom is -0.871 e. The number of unbranched alkanes of at least 4 members (excludes halogenated alkanes) is 2. The van der Waals surface area contributed by atoms with E-state index in [0.29, 0.717) is 0 Å². The van der Waals surface area contributed by atoms with Crippen molar-refractivity contribution in [3.05, 3.63) is 107 Å². The quantitative estimate of drug-likeness (QED) is 0.308. The van der Waals surface area contributed by atoms with Gasteiger partial charge in [0.1, 0.15) is 6.54 Å². The highest BCUT2D eigenvalue weighted by Crippen LogP contribution is 2.35. The molecular weight excluding hydrogens is 444 g/mol. The summed E-state index contributed by atoms with van der Waals surface area (Å²) in [5.41, 5.74) is 5.69. The minimum atomic E-state index is -0.176. The van der Waals surface area contributed by atoms with E-state index in [-0.39, 0.29) is 22.7 Å². The molecule has 4 nitrogen and oxygen atoms in total. The molecule has 0 radical (unpaired) electrons. The van der Waals surface area contributed by atoms with Crippen LogP contribution in [-0.2, 0) is 11.3 Å². The van der Waals surface area contributed by atoms with Crippen LogP contribution in [-0.4, -0.2) is 12.3 Å². The van der Waals surface area contributed by atoms with Crippen LogP contribution in [0.25, 0.3) is 23.1 Å². The number of rotatable bonds is 8. The summed E-state index contributed by atoms with van der Waals surface area (Å²) in [6.07, 6.45) is 11.8. The monoisotopic (exact) mass is 476 g/mol. The zero-order chi connectivity index (χ0) is 25.1. The Labute approximate surface area is 213 Å². The molecule has 0 saturated carbocycles. The zero-order valence-electron chi connectivity index (χ0n) is 21.0. The van der Waals surface area contributed by atoms with E-state index in [2.05, 4.69) is 59.7 Å². The third kappa shape index (κ3) is 4.39. The Morgan fingerprint density at radius 1 is 0.889 bits per heavy atom. The van der Waals surface area contributed by atoms with Crippen molar-refractivity contribution in [2.75, 3.05) is 11.4 Å².